The zero-order valence-corrected chi connectivity index (χ0v) is 10.5. The lowest BCUT2D eigenvalue weighted by Gasteiger charge is -2.22. The molecular formula is C12H15N3OS. The number of nitrogens with one attached hydrogen (secondary N) is 2. The monoisotopic (exact) mass is 249 g/mol. The number of hydrogen-bond donors (Lipinski definition) is 2. The summed E-state index contributed by atoms with van der Waals surface area (Å²) in [5.74, 6) is 0.968. The van der Waals surface area contributed by atoms with Gasteiger partial charge in [-0.3, -0.25) is 10.7 Å². The second-order valence-corrected chi connectivity index (χ2v) is 5.76. The van der Waals surface area contributed by atoms with Crippen LogP contribution in [0.25, 0.3) is 0 Å². The number of carbonyl (C=O) groups excluding carboxylic acids is 1. The Morgan fingerprint density at radius 3 is 2.94 bits per heavy atom. The normalized spacial score (nSPS) is 24.3. The second-order valence-electron chi connectivity index (χ2n) is 4.81. The van der Waals surface area contributed by atoms with Crippen LogP contribution in [0.5, 0.6) is 0 Å². The Morgan fingerprint density at radius 1 is 1.59 bits per heavy atom. The van der Waals surface area contributed by atoms with E-state index in [1.54, 1.807) is 11.3 Å². The Kier molecular flexibility index (Phi) is 2.43. The SMILES string of the molecule is Cc1ccsc1C1C(=N)NC(=O)N1CC1CC1. The Balaban J connectivity index is 1.91. The fourth-order valence-electron chi connectivity index (χ4n) is 2.23. The van der Waals surface area contributed by atoms with Gasteiger partial charge >= 0.3 is 6.03 Å². The van der Waals surface area contributed by atoms with Crippen molar-refractivity contribution in [3.05, 3.63) is 21.9 Å². The van der Waals surface area contributed by atoms with Crippen molar-refractivity contribution in [2.24, 2.45) is 5.92 Å². The average molecular weight is 249 g/mol. The summed E-state index contributed by atoms with van der Waals surface area (Å²) in [4.78, 5) is 14.8. The van der Waals surface area contributed by atoms with Gasteiger partial charge in [0.2, 0.25) is 0 Å². The maximum Gasteiger partial charge on any atom is 0.323 e. The fraction of sp³-hybridized carbons (Fsp3) is 0.500. The van der Waals surface area contributed by atoms with Gasteiger partial charge in [0.05, 0.1) is 0 Å². The molecule has 2 amide bonds. The third-order valence-electron chi connectivity index (χ3n) is 3.39. The first-order valence-corrected chi connectivity index (χ1v) is 6.75. The quantitative estimate of drug-likeness (QED) is 0.849. The smallest absolute Gasteiger partial charge is 0.309 e. The largest absolute Gasteiger partial charge is 0.323 e. The lowest BCUT2D eigenvalue weighted by atomic mass is 10.1. The molecule has 3 rings (SSSR count). The highest BCUT2D eigenvalue weighted by molar-refractivity contribution is 7.10. The van der Waals surface area contributed by atoms with Gasteiger partial charge in [-0.25, -0.2) is 4.79 Å². The molecule has 2 heterocycles. The summed E-state index contributed by atoms with van der Waals surface area (Å²) in [5.41, 5.74) is 1.17. The first-order valence-electron chi connectivity index (χ1n) is 5.87. The zero-order chi connectivity index (χ0) is 12.0. The van der Waals surface area contributed by atoms with Crippen molar-refractivity contribution in [3.63, 3.8) is 0 Å². The van der Waals surface area contributed by atoms with E-state index in [9.17, 15) is 4.79 Å². The van der Waals surface area contributed by atoms with Crippen molar-refractivity contribution in [2.75, 3.05) is 6.54 Å². The highest BCUT2D eigenvalue weighted by atomic mass is 32.1. The Labute approximate surface area is 104 Å². The van der Waals surface area contributed by atoms with E-state index in [1.807, 2.05) is 23.3 Å². The molecule has 2 N–H and O–H groups in total. The van der Waals surface area contributed by atoms with Crippen molar-refractivity contribution >= 4 is 23.2 Å². The maximum absolute atomic E-state index is 11.8. The van der Waals surface area contributed by atoms with E-state index >= 15 is 0 Å². The summed E-state index contributed by atoms with van der Waals surface area (Å²) in [6.07, 6.45) is 2.43. The topological polar surface area (TPSA) is 56.2 Å². The average Bonchev–Trinajstić information content (AvgIpc) is 2.93. The van der Waals surface area contributed by atoms with E-state index in [4.69, 9.17) is 5.41 Å². The Hall–Kier alpha value is -1.36. The molecule has 1 atom stereocenters. The Bertz CT molecular complexity index is 478. The lowest BCUT2D eigenvalue weighted by Crippen LogP contribution is -2.31. The molecule has 1 unspecified atom stereocenters. The third kappa shape index (κ3) is 1.84. The molecule has 2 fully saturated rings. The molecule has 0 spiro atoms. The number of rotatable bonds is 3. The van der Waals surface area contributed by atoms with Gasteiger partial charge in [-0.1, -0.05) is 0 Å². The van der Waals surface area contributed by atoms with Crippen LogP contribution in [0.15, 0.2) is 11.4 Å². The minimum absolute atomic E-state index is 0.111. The molecule has 2 aliphatic rings. The van der Waals surface area contributed by atoms with Crippen molar-refractivity contribution < 1.29 is 4.79 Å². The fourth-order valence-corrected chi connectivity index (χ4v) is 3.28. The van der Waals surface area contributed by atoms with Crippen LogP contribution in [-0.2, 0) is 0 Å². The summed E-state index contributed by atoms with van der Waals surface area (Å²) in [6, 6.07) is 1.76. The van der Waals surface area contributed by atoms with Crippen LogP contribution in [0.1, 0.15) is 29.3 Å². The van der Waals surface area contributed by atoms with Crippen LogP contribution >= 0.6 is 11.3 Å². The van der Waals surface area contributed by atoms with Crippen molar-refractivity contribution in [1.29, 1.82) is 5.41 Å². The summed E-state index contributed by atoms with van der Waals surface area (Å²) in [7, 11) is 0. The van der Waals surface area contributed by atoms with Crippen LogP contribution in [-0.4, -0.2) is 23.3 Å². The molecule has 90 valence electrons. The number of urea groups is 1. The zero-order valence-electron chi connectivity index (χ0n) is 9.69. The van der Waals surface area contributed by atoms with Gasteiger partial charge in [0.1, 0.15) is 11.9 Å². The third-order valence-corrected chi connectivity index (χ3v) is 4.46. The van der Waals surface area contributed by atoms with Gasteiger partial charge in [-0.2, -0.15) is 0 Å². The lowest BCUT2D eigenvalue weighted by molar-refractivity contribution is 0.203. The molecule has 1 aliphatic carbocycles. The minimum Gasteiger partial charge on any atom is -0.309 e. The predicted octanol–water partition coefficient (Wildman–Crippen LogP) is 2.51. The summed E-state index contributed by atoms with van der Waals surface area (Å²) >= 11 is 1.63. The van der Waals surface area contributed by atoms with Gasteiger partial charge in [0.25, 0.3) is 0 Å². The van der Waals surface area contributed by atoms with Gasteiger partial charge in [0.15, 0.2) is 0 Å². The van der Waals surface area contributed by atoms with Crippen LogP contribution in [0.4, 0.5) is 4.79 Å². The van der Waals surface area contributed by atoms with E-state index in [0.717, 1.165) is 11.4 Å². The molecule has 1 aliphatic heterocycles. The first kappa shape index (κ1) is 10.8. The van der Waals surface area contributed by atoms with Crippen molar-refractivity contribution in [1.82, 2.24) is 10.2 Å². The number of aryl methyl sites for hydroxylation is 1. The summed E-state index contributed by atoms with van der Waals surface area (Å²) in [6.45, 7) is 2.83. The number of hydrogen-bond acceptors (Lipinski definition) is 3. The molecular weight excluding hydrogens is 234 g/mol. The first-order chi connectivity index (χ1) is 8.16. The van der Waals surface area contributed by atoms with Crippen molar-refractivity contribution in [3.8, 4) is 0 Å². The van der Waals surface area contributed by atoms with Gasteiger partial charge in [-0.05, 0) is 42.7 Å². The van der Waals surface area contributed by atoms with E-state index in [2.05, 4.69) is 5.32 Å². The van der Waals surface area contributed by atoms with Crippen LogP contribution < -0.4 is 5.32 Å². The Morgan fingerprint density at radius 2 is 2.35 bits per heavy atom. The van der Waals surface area contributed by atoms with Crippen LogP contribution in [0, 0.1) is 18.3 Å². The standard InChI is InChI=1S/C12H15N3OS/c1-7-4-5-17-10(7)9-11(13)14-12(16)15(9)6-8-2-3-8/h4-5,8-9H,2-3,6H2,1H3,(H2,13,14,16). The molecule has 4 nitrogen and oxygen atoms in total. The minimum atomic E-state index is -0.178. The molecule has 0 radical (unpaired) electrons. The highest BCUT2D eigenvalue weighted by Gasteiger charge is 2.40. The predicted molar refractivity (Wildman–Crippen MR) is 67.5 cm³/mol. The van der Waals surface area contributed by atoms with E-state index in [1.165, 1.54) is 18.4 Å². The van der Waals surface area contributed by atoms with Crippen LogP contribution in [0.3, 0.4) is 0 Å². The number of carbonyl (C=O) groups is 1. The number of nitrogens with zero attached hydrogens (tertiary/aromatic N) is 1. The number of thiophene rings is 1. The molecule has 1 saturated carbocycles. The molecule has 1 aromatic heterocycles. The molecule has 5 heteroatoms. The summed E-state index contributed by atoms with van der Waals surface area (Å²) in [5, 5.41) is 12.6. The number of amides is 2. The van der Waals surface area contributed by atoms with Gasteiger partial charge in [-0.15, -0.1) is 11.3 Å². The van der Waals surface area contributed by atoms with Crippen molar-refractivity contribution in [2.45, 2.75) is 25.8 Å². The number of amidine groups is 1. The molecule has 17 heavy (non-hydrogen) atoms. The molecule has 1 saturated heterocycles. The van der Waals surface area contributed by atoms with Gasteiger partial charge in [0, 0.05) is 11.4 Å². The summed E-state index contributed by atoms with van der Waals surface area (Å²) < 4.78 is 0. The van der Waals surface area contributed by atoms with Crippen LogP contribution in [0.2, 0.25) is 0 Å². The highest BCUT2D eigenvalue weighted by Crippen LogP contribution is 2.37. The molecule has 0 bridgehead atoms. The molecule has 1 aromatic rings. The van der Waals surface area contributed by atoms with E-state index in [-0.39, 0.29) is 12.1 Å². The second kappa shape index (κ2) is 3.84. The van der Waals surface area contributed by atoms with E-state index < -0.39 is 0 Å². The molecule has 0 aromatic carbocycles. The van der Waals surface area contributed by atoms with Gasteiger partial charge < -0.3 is 4.90 Å². The van der Waals surface area contributed by atoms with E-state index in [0.29, 0.717) is 11.8 Å². The maximum atomic E-state index is 11.8.